The highest BCUT2D eigenvalue weighted by Crippen LogP contribution is 2.56. The quantitative estimate of drug-likeness (QED) is 0.211. The first kappa shape index (κ1) is 37.1. The van der Waals surface area contributed by atoms with Gasteiger partial charge >= 0.3 is 5.97 Å². The minimum absolute atomic E-state index is 0.115. The molecule has 2 fully saturated rings. The van der Waals surface area contributed by atoms with E-state index in [1.165, 1.54) is 0 Å². The molecule has 0 amide bonds. The standard InChI is InChI=1S/C40H50ClNO6S/c1-26(2)21-35-40(17-19-42(20-18-40)49(45,46)31-15-13-29(14-16-31)28-11-9-8-10-12-28)24-33(27(3)4)37(48-35)32-22-30(39(5,6)7)23-34(41)38(32)47-25-36(43)44/h8-16,22-23,26,33,35,37H,3,17-21,24-25H2,1-2,4-7H3,(H,43,44)/t33-,35+,37-/m0/s1. The van der Waals surface area contributed by atoms with Crippen LogP contribution in [0.5, 0.6) is 5.75 Å². The Bertz CT molecular complexity index is 1760. The molecule has 0 bridgehead atoms. The number of carboxylic acids is 1. The molecular weight excluding hydrogens is 658 g/mol. The predicted molar refractivity (Wildman–Crippen MR) is 196 cm³/mol. The Morgan fingerprint density at radius 3 is 2.22 bits per heavy atom. The number of sulfonamides is 1. The van der Waals surface area contributed by atoms with Gasteiger partial charge in [0.2, 0.25) is 10.0 Å². The molecule has 264 valence electrons. The highest BCUT2D eigenvalue weighted by Gasteiger charge is 2.52. The Morgan fingerprint density at radius 2 is 1.67 bits per heavy atom. The largest absolute Gasteiger partial charge is 0.480 e. The molecule has 9 heteroatoms. The number of carboxylic acid groups (broad SMARTS) is 1. The maximum atomic E-state index is 13.9. The smallest absolute Gasteiger partial charge is 0.341 e. The van der Waals surface area contributed by atoms with Crippen molar-refractivity contribution in [2.75, 3.05) is 19.7 Å². The summed E-state index contributed by atoms with van der Waals surface area (Å²) >= 11 is 6.82. The zero-order valence-corrected chi connectivity index (χ0v) is 31.1. The van der Waals surface area contributed by atoms with E-state index in [0.29, 0.717) is 47.5 Å². The van der Waals surface area contributed by atoms with Gasteiger partial charge in [-0.15, -0.1) is 0 Å². The van der Waals surface area contributed by atoms with Crippen LogP contribution in [-0.4, -0.2) is 49.6 Å². The lowest BCUT2D eigenvalue weighted by atomic mass is 9.62. The van der Waals surface area contributed by atoms with Crippen LogP contribution < -0.4 is 4.74 Å². The first-order valence-corrected chi connectivity index (χ1v) is 19.0. The number of piperidine rings is 1. The second kappa shape index (κ2) is 14.6. The molecule has 1 spiro atoms. The van der Waals surface area contributed by atoms with Crippen molar-refractivity contribution < 1.29 is 27.8 Å². The Hall–Kier alpha value is -3.17. The number of ether oxygens (including phenoxy) is 2. The molecule has 0 aliphatic carbocycles. The number of halogens is 1. The molecule has 0 saturated carbocycles. The van der Waals surface area contributed by atoms with Gasteiger partial charge in [-0.1, -0.05) is 101 Å². The van der Waals surface area contributed by atoms with Crippen LogP contribution in [0.4, 0.5) is 0 Å². The second-order valence-electron chi connectivity index (χ2n) is 15.3. The third-order valence-electron chi connectivity index (χ3n) is 10.2. The molecular formula is C40H50ClNO6S. The Labute approximate surface area is 297 Å². The van der Waals surface area contributed by atoms with Crippen LogP contribution >= 0.6 is 11.6 Å². The molecule has 5 rings (SSSR count). The average molecular weight is 708 g/mol. The van der Waals surface area contributed by atoms with Crippen molar-refractivity contribution in [3.05, 3.63) is 95.0 Å². The molecule has 2 heterocycles. The SMILES string of the molecule is C=C(C)[C@@H]1CC2(CCN(S(=O)(=O)c3ccc(-c4ccccc4)cc3)CC2)[C@@H](CC(C)C)O[C@H]1c1cc(C(C)(C)C)cc(Cl)c1OCC(=O)O. The van der Waals surface area contributed by atoms with Crippen molar-refractivity contribution in [3.8, 4) is 16.9 Å². The van der Waals surface area contributed by atoms with Gasteiger partial charge in [0.1, 0.15) is 5.75 Å². The van der Waals surface area contributed by atoms with Crippen LogP contribution in [0, 0.1) is 17.3 Å². The summed E-state index contributed by atoms with van der Waals surface area (Å²) in [6.07, 6.45) is 2.26. The molecule has 7 nitrogen and oxygen atoms in total. The highest BCUT2D eigenvalue weighted by atomic mass is 35.5. The van der Waals surface area contributed by atoms with Crippen LogP contribution in [0.2, 0.25) is 5.02 Å². The van der Waals surface area contributed by atoms with E-state index < -0.39 is 28.7 Å². The van der Waals surface area contributed by atoms with Crippen molar-refractivity contribution in [1.29, 1.82) is 0 Å². The van der Waals surface area contributed by atoms with Crippen LogP contribution in [0.15, 0.2) is 83.8 Å². The molecule has 49 heavy (non-hydrogen) atoms. The minimum atomic E-state index is -3.69. The lowest BCUT2D eigenvalue weighted by molar-refractivity contribution is -0.173. The zero-order chi connectivity index (χ0) is 35.7. The predicted octanol–water partition coefficient (Wildman–Crippen LogP) is 9.31. The summed E-state index contributed by atoms with van der Waals surface area (Å²) in [5.74, 6) is -0.545. The Morgan fingerprint density at radius 1 is 1.06 bits per heavy atom. The van der Waals surface area contributed by atoms with Crippen molar-refractivity contribution >= 4 is 27.6 Å². The monoisotopic (exact) mass is 707 g/mol. The van der Waals surface area contributed by atoms with Gasteiger partial charge in [0.15, 0.2) is 6.61 Å². The van der Waals surface area contributed by atoms with Crippen molar-refractivity contribution in [2.45, 2.75) is 89.7 Å². The third-order valence-corrected chi connectivity index (χ3v) is 12.4. The summed E-state index contributed by atoms with van der Waals surface area (Å²) in [4.78, 5) is 11.8. The summed E-state index contributed by atoms with van der Waals surface area (Å²) in [6, 6.07) is 21.0. The van der Waals surface area contributed by atoms with Crippen LogP contribution in [0.3, 0.4) is 0 Å². The second-order valence-corrected chi connectivity index (χ2v) is 17.6. The Balaban J connectivity index is 1.45. The summed E-state index contributed by atoms with van der Waals surface area (Å²) < 4.78 is 42.4. The fourth-order valence-corrected chi connectivity index (χ4v) is 9.11. The molecule has 3 atom stereocenters. The maximum absolute atomic E-state index is 13.9. The number of nitrogens with zero attached hydrogens (tertiary/aromatic N) is 1. The number of hydrogen-bond acceptors (Lipinski definition) is 5. The number of hydrogen-bond donors (Lipinski definition) is 1. The summed E-state index contributed by atoms with van der Waals surface area (Å²) in [7, 11) is -3.69. The zero-order valence-electron chi connectivity index (χ0n) is 29.5. The lowest BCUT2D eigenvalue weighted by Gasteiger charge is -2.54. The third kappa shape index (κ3) is 8.09. The maximum Gasteiger partial charge on any atom is 0.341 e. The number of aliphatic carboxylic acids is 1. The van der Waals surface area contributed by atoms with E-state index in [-0.39, 0.29) is 22.9 Å². The summed E-state index contributed by atoms with van der Waals surface area (Å²) in [5, 5.41) is 9.80. The molecule has 0 radical (unpaired) electrons. The van der Waals surface area contributed by atoms with E-state index in [0.717, 1.165) is 40.7 Å². The fourth-order valence-electron chi connectivity index (χ4n) is 7.39. The van der Waals surface area contributed by atoms with Crippen LogP contribution in [0.25, 0.3) is 11.1 Å². The van der Waals surface area contributed by atoms with Crippen molar-refractivity contribution in [1.82, 2.24) is 4.31 Å². The molecule has 2 saturated heterocycles. The highest BCUT2D eigenvalue weighted by molar-refractivity contribution is 7.89. The molecule has 2 aliphatic heterocycles. The van der Waals surface area contributed by atoms with Gasteiger partial charge in [-0.25, -0.2) is 13.2 Å². The molecule has 2 aliphatic rings. The van der Waals surface area contributed by atoms with E-state index in [9.17, 15) is 18.3 Å². The molecule has 3 aromatic carbocycles. The van der Waals surface area contributed by atoms with Gasteiger partial charge in [-0.05, 0) is 90.3 Å². The van der Waals surface area contributed by atoms with E-state index in [1.54, 1.807) is 16.4 Å². The van der Waals surface area contributed by atoms with Crippen LogP contribution in [-0.2, 0) is 25.0 Å². The normalized spacial score (nSPS) is 21.5. The average Bonchev–Trinajstić information content (AvgIpc) is 3.04. The summed E-state index contributed by atoms with van der Waals surface area (Å²) in [5.41, 5.74) is 4.20. The van der Waals surface area contributed by atoms with Crippen LogP contribution in [0.1, 0.15) is 84.5 Å². The van der Waals surface area contributed by atoms with E-state index >= 15 is 0 Å². The van der Waals surface area contributed by atoms with Gasteiger partial charge < -0.3 is 14.6 Å². The van der Waals surface area contributed by atoms with Gasteiger partial charge in [0, 0.05) is 24.6 Å². The van der Waals surface area contributed by atoms with Crippen molar-refractivity contribution in [2.24, 2.45) is 17.3 Å². The molecule has 0 aromatic heterocycles. The molecule has 1 N–H and O–H groups in total. The molecule has 0 unspecified atom stereocenters. The number of carbonyl (C=O) groups is 1. The van der Waals surface area contributed by atoms with Gasteiger partial charge in [0.05, 0.1) is 22.1 Å². The lowest BCUT2D eigenvalue weighted by Crippen LogP contribution is -2.53. The van der Waals surface area contributed by atoms with Crippen molar-refractivity contribution in [3.63, 3.8) is 0 Å². The first-order chi connectivity index (χ1) is 23.0. The summed E-state index contributed by atoms with van der Waals surface area (Å²) in [6.45, 7) is 17.3. The topological polar surface area (TPSA) is 93.1 Å². The minimum Gasteiger partial charge on any atom is -0.480 e. The Kier molecular flexibility index (Phi) is 11.0. The van der Waals surface area contributed by atoms with Gasteiger partial charge in [-0.3, -0.25) is 0 Å². The fraction of sp³-hybridized carbons (Fsp3) is 0.475. The van der Waals surface area contributed by atoms with Gasteiger partial charge in [-0.2, -0.15) is 4.31 Å². The van der Waals surface area contributed by atoms with E-state index in [2.05, 4.69) is 41.2 Å². The number of benzene rings is 3. The number of rotatable bonds is 10. The van der Waals surface area contributed by atoms with Gasteiger partial charge in [0.25, 0.3) is 0 Å². The molecule has 3 aromatic rings. The van der Waals surface area contributed by atoms with E-state index in [4.69, 9.17) is 21.1 Å². The first-order valence-electron chi connectivity index (χ1n) is 17.2. The van der Waals surface area contributed by atoms with E-state index in [1.807, 2.05) is 61.5 Å².